The summed E-state index contributed by atoms with van der Waals surface area (Å²) in [5.74, 6) is -1.94. The van der Waals surface area contributed by atoms with Crippen molar-refractivity contribution in [3.8, 4) is 0 Å². The van der Waals surface area contributed by atoms with E-state index in [2.05, 4.69) is 0 Å². The molecule has 2 aromatic carbocycles. The Morgan fingerprint density at radius 1 is 1.19 bits per heavy atom. The van der Waals surface area contributed by atoms with Crippen LogP contribution in [-0.4, -0.2) is 29.4 Å². The number of carbonyl (C=O) groups excluding carboxylic acids is 1. The van der Waals surface area contributed by atoms with E-state index in [1.165, 1.54) is 19.1 Å². The van der Waals surface area contributed by atoms with Crippen molar-refractivity contribution in [3.63, 3.8) is 0 Å². The molecule has 2 rings (SSSR count). The lowest BCUT2D eigenvalue weighted by Gasteiger charge is -2.21. The molecule has 0 spiro atoms. The molecule has 1 atom stereocenters. The highest BCUT2D eigenvalue weighted by Crippen LogP contribution is 2.37. The molecule has 0 aliphatic rings. The minimum Gasteiger partial charge on any atom is -0.462 e. The van der Waals surface area contributed by atoms with Gasteiger partial charge in [0.25, 0.3) is 0 Å². The Hall–Kier alpha value is -2.45. The maximum absolute atomic E-state index is 14.2. The second-order valence-electron chi connectivity index (χ2n) is 5.71. The first-order valence-electron chi connectivity index (χ1n) is 8.15. The Bertz CT molecular complexity index is 818. The maximum atomic E-state index is 14.2. The summed E-state index contributed by atoms with van der Waals surface area (Å²) < 4.78 is 58.7. The van der Waals surface area contributed by atoms with E-state index < -0.39 is 47.4 Å². The Kier molecular flexibility index (Phi) is 6.56. The van der Waals surface area contributed by atoms with E-state index in [1.54, 1.807) is 0 Å². The van der Waals surface area contributed by atoms with Crippen molar-refractivity contribution in [1.29, 1.82) is 0 Å². The van der Waals surface area contributed by atoms with Crippen molar-refractivity contribution in [1.82, 2.24) is 0 Å². The number of benzene rings is 2. The van der Waals surface area contributed by atoms with E-state index in [4.69, 9.17) is 9.84 Å². The Morgan fingerprint density at radius 2 is 1.85 bits per heavy atom. The van der Waals surface area contributed by atoms with Crippen LogP contribution >= 0.6 is 0 Å². The molecule has 8 heteroatoms. The van der Waals surface area contributed by atoms with Gasteiger partial charge in [-0.25, -0.2) is 9.18 Å². The summed E-state index contributed by atoms with van der Waals surface area (Å²) in [5.41, 5.74) is -2.00. The van der Waals surface area contributed by atoms with E-state index in [1.807, 2.05) is 0 Å². The Balaban J connectivity index is 2.62. The number of hydrogen-bond donors (Lipinski definition) is 2. The number of aliphatic hydroxyl groups excluding tert-OH is 2. The average Bonchev–Trinajstić information content (AvgIpc) is 2.61. The molecule has 2 N–H and O–H groups in total. The summed E-state index contributed by atoms with van der Waals surface area (Å²) in [4.78, 5) is 11.9. The standard InChI is InChI=1S/C19H18F4O4/c1-2-27-18(26)14-10-13(11(7-8-24)9-16(14)20)17(25)12-5-3-4-6-15(12)19(21,22)23/h3-6,9-10,17,24-25H,2,7-8H2,1H3. The van der Waals surface area contributed by atoms with E-state index in [0.29, 0.717) is 0 Å². The number of carbonyl (C=O) groups is 1. The predicted octanol–water partition coefficient (Wildman–Crippen LogP) is 3.64. The summed E-state index contributed by atoms with van der Waals surface area (Å²) in [7, 11) is 0. The zero-order valence-corrected chi connectivity index (χ0v) is 14.4. The number of ether oxygens (including phenoxy) is 1. The predicted molar refractivity (Wildman–Crippen MR) is 88.7 cm³/mol. The molecule has 0 amide bonds. The van der Waals surface area contributed by atoms with Crippen molar-refractivity contribution in [2.45, 2.75) is 25.6 Å². The van der Waals surface area contributed by atoms with Gasteiger partial charge in [-0.1, -0.05) is 18.2 Å². The second-order valence-corrected chi connectivity index (χ2v) is 5.71. The minimum atomic E-state index is -4.71. The molecular formula is C19H18F4O4. The van der Waals surface area contributed by atoms with E-state index >= 15 is 0 Å². The lowest BCUT2D eigenvalue weighted by atomic mass is 9.90. The zero-order chi connectivity index (χ0) is 20.2. The van der Waals surface area contributed by atoms with Crippen molar-refractivity contribution < 1.29 is 37.3 Å². The van der Waals surface area contributed by atoms with Crippen LogP contribution in [0.4, 0.5) is 17.6 Å². The molecule has 0 radical (unpaired) electrons. The normalized spacial score (nSPS) is 12.7. The molecule has 0 bridgehead atoms. The topological polar surface area (TPSA) is 66.8 Å². The highest BCUT2D eigenvalue weighted by atomic mass is 19.4. The first-order valence-corrected chi connectivity index (χ1v) is 8.15. The molecule has 0 saturated carbocycles. The van der Waals surface area contributed by atoms with Crippen LogP contribution < -0.4 is 0 Å². The van der Waals surface area contributed by atoms with Crippen LogP contribution in [0.5, 0.6) is 0 Å². The Morgan fingerprint density at radius 3 is 2.44 bits per heavy atom. The van der Waals surface area contributed by atoms with Gasteiger partial charge in [-0.2, -0.15) is 13.2 Å². The summed E-state index contributed by atoms with van der Waals surface area (Å²) in [6, 6.07) is 6.31. The van der Waals surface area contributed by atoms with Gasteiger partial charge in [-0.05, 0) is 48.2 Å². The Labute approximate surface area is 153 Å². The van der Waals surface area contributed by atoms with Gasteiger partial charge in [0, 0.05) is 6.61 Å². The summed E-state index contributed by atoms with van der Waals surface area (Å²) >= 11 is 0. The highest BCUT2D eigenvalue weighted by Gasteiger charge is 2.35. The zero-order valence-electron chi connectivity index (χ0n) is 14.4. The molecular weight excluding hydrogens is 368 g/mol. The van der Waals surface area contributed by atoms with Gasteiger partial charge in [0.15, 0.2) is 0 Å². The van der Waals surface area contributed by atoms with Crippen molar-refractivity contribution in [2.75, 3.05) is 13.2 Å². The van der Waals surface area contributed by atoms with E-state index in [9.17, 15) is 27.5 Å². The maximum Gasteiger partial charge on any atom is 0.416 e. The molecule has 0 aliphatic heterocycles. The van der Waals surface area contributed by atoms with Gasteiger partial charge in [0.1, 0.15) is 11.9 Å². The number of hydrogen-bond acceptors (Lipinski definition) is 4. The molecule has 4 nitrogen and oxygen atoms in total. The third kappa shape index (κ3) is 4.64. The first-order chi connectivity index (χ1) is 12.7. The lowest BCUT2D eigenvalue weighted by Crippen LogP contribution is -2.16. The molecule has 1 unspecified atom stereocenters. The first kappa shape index (κ1) is 20.9. The van der Waals surface area contributed by atoms with Crippen molar-refractivity contribution in [3.05, 3.63) is 70.0 Å². The molecule has 27 heavy (non-hydrogen) atoms. The minimum absolute atomic E-state index is 0.0224. The highest BCUT2D eigenvalue weighted by molar-refractivity contribution is 5.90. The summed E-state index contributed by atoms with van der Waals surface area (Å²) in [6.45, 7) is 1.08. The molecule has 0 fully saturated rings. The summed E-state index contributed by atoms with van der Waals surface area (Å²) in [5, 5.41) is 19.8. The van der Waals surface area contributed by atoms with Crippen LogP contribution in [0.15, 0.2) is 36.4 Å². The fourth-order valence-corrected chi connectivity index (χ4v) is 2.75. The second kappa shape index (κ2) is 8.49. The summed E-state index contributed by atoms with van der Waals surface area (Å²) in [6.07, 6.45) is -6.60. The van der Waals surface area contributed by atoms with Crippen LogP contribution in [0, 0.1) is 5.82 Å². The van der Waals surface area contributed by atoms with Crippen LogP contribution in [-0.2, 0) is 17.3 Å². The lowest BCUT2D eigenvalue weighted by molar-refractivity contribution is -0.139. The smallest absolute Gasteiger partial charge is 0.416 e. The number of halogens is 4. The molecule has 0 aromatic heterocycles. The van der Waals surface area contributed by atoms with Crippen LogP contribution in [0.2, 0.25) is 0 Å². The number of aliphatic hydroxyl groups is 2. The molecule has 0 aliphatic carbocycles. The van der Waals surface area contributed by atoms with Gasteiger partial charge >= 0.3 is 12.1 Å². The molecule has 2 aromatic rings. The third-order valence-corrected chi connectivity index (χ3v) is 3.96. The largest absolute Gasteiger partial charge is 0.462 e. The SMILES string of the molecule is CCOC(=O)c1cc(C(O)c2ccccc2C(F)(F)F)c(CCO)cc1F. The number of rotatable bonds is 6. The molecule has 0 heterocycles. The van der Waals surface area contributed by atoms with Crippen LogP contribution in [0.1, 0.15) is 45.6 Å². The van der Waals surface area contributed by atoms with Crippen molar-refractivity contribution in [2.24, 2.45) is 0 Å². The quantitative estimate of drug-likeness (QED) is 0.588. The fourth-order valence-electron chi connectivity index (χ4n) is 2.75. The van der Waals surface area contributed by atoms with Crippen molar-refractivity contribution >= 4 is 5.97 Å². The number of esters is 1. The van der Waals surface area contributed by atoms with Crippen LogP contribution in [0.3, 0.4) is 0 Å². The van der Waals surface area contributed by atoms with Gasteiger partial charge in [0.2, 0.25) is 0 Å². The van der Waals surface area contributed by atoms with Gasteiger partial charge < -0.3 is 14.9 Å². The fraction of sp³-hybridized carbons (Fsp3) is 0.316. The van der Waals surface area contributed by atoms with Gasteiger partial charge in [-0.15, -0.1) is 0 Å². The van der Waals surface area contributed by atoms with Crippen LogP contribution in [0.25, 0.3) is 0 Å². The third-order valence-electron chi connectivity index (χ3n) is 3.96. The van der Waals surface area contributed by atoms with E-state index in [-0.39, 0.29) is 24.2 Å². The average molecular weight is 386 g/mol. The monoisotopic (exact) mass is 386 g/mol. The van der Waals surface area contributed by atoms with Gasteiger partial charge in [0.05, 0.1) is 17.7 Å². The van der Waals surface area contributed by atoms with Gasteiger partial charge in [-0.3, -0.25) is 0 Å². The number of alkyl halides is 3. The van der Waals surface area contributed by atoms with E-state index in [0.717, 1.165) is 24.3 Å². The molecule has 146 valence electrons. The molecule has 0 saturated heterocycles.